The van der Waals surface area contributed by atoms with Crippen molar-refractivity contribution < 1.29 is 4.79 Å². The molecule has 3 nitrogen and oxygen atoms in total. The number of thiophene rings is 1. The lowest BCUT2D eigenvalue weighted by Crippen LogP contribution is -2.31. The van der Waals surface area contributed by atoms with Gasteiger partial charge in [-0.1, -0.05) is 6.42 Å². The lowest BCUT2D eigenvalue weighted by Gasteiger charge is -2.19. The van der Waals surface area contributed by atoms with Gasteiger partial charge in [-0.25, -0.2) is 0 Å². The number of rotatable bonds is 3. The zero-order valence-electron chi connectivity index (χ0n) is 11.3. The van der Waals surface area contributed by atoms with Gasteiger partial charge in [-0.2, -0.15) is 0 Å². The van der Waals surface area contributed by atoms with Gasteiger partial charge in [0, 0.05) is 18.0 Å². The molecule has 1 aliphatic rings. The van der Waals surface area contributed by atoms with Crippen LogP contribution < -0.4 is 5.73 Å². The molecule has 0 fully saturated rings. The highest BCUT2D eigenvalue weighted by molar-refractivity contribution is 7.16. The van der Waals surface area contributed by atoms with Crippen LogP contribution in [0.15, 0.2) is 0 Å². The van der Waals surface area contributed by atoms with Crippen molar-refractivity contribution in [2.24, 2.45) is 0 Å². The predicted molar refractivity (Wildman–Crippen MR) is 77.2 cm³/mol. The normalized spacial score (nSPS) is 15.0. The number of carbonyl (C=O) groups is 1. The highest BCUT2D eigenvalue weighted by atomic mass is 32.1. The van der Waals surface area contributed by atoms with Crippen LogP contribution in [0.3, 0.4) is 0 Å². The summed E-state index contributed by atoms with van der Waals surface area (Å²) in [5, 5.41) is 0.721. The summed E-state index contributed by atoms with van der Waals surface area (Å²) in [4.78, 5) is 15.7. The summed E-state index contributed by atoms with van der Waals surface area (Å²) < 4.78 is 0. The van der Waals surface area contributed by atoms with E-state index in [0.717, 1.165) is 36.5 Å². The van der Waals surface area contributed by atoms with E-state index in [1.165, 1.54) is 29.7 Å². The van der Waals surface area contributed by atoms with Crippen molar-refractivity contribution in [1.82, 2.24) is 4.90 Å². The van der Waals surface area contributed by atoms with Gasteiger partial charge in [0.05, 0.1) is 10.6 Å². The summed E-state index contributed by atoms with van der Waals surface area (Å²) in [5.41, 5.74) is 8.14. The zero-order chi connectivity index (χ0) is 13.1. The Morgan fingerprint density at radius 3 is 2.56 bits per heavy atom. The van der Waals surface area contributed by atoms with E-state index in [2.05, 4.69) is 0 Å². The number of nitrogens with zero attached hydrogens (tertiary/aromatic N) is 1. The molecule has 1 heterocycles. The summed E-state index contributed by atoms with van der Waals surface area (Å²) in [5.74, 6) is 0.122. The molecule has 0 atom stereocenters. The van der Waals surface area contributed by atoms with Crippen LogP contribution >= 0.6 is 11.3 Å². The third-order valence-electron chi connectivity index (χ3n) is 3.71. The molecule has 0 aromatic carbocycles. The van der Waals surface area contributed by atoms with Crippen molar-refractivity contribution in [3.63, 3.8) is 0 Å². The highest BCUT2D eigenvalue weighted by Crippen LogP contribution is 2.36. The summed E-state index contributed by atoms with van der Waals surface area (Å²) in [7, 11) is 0. The maximum absolute atomic E-state index is 12.5. The Balaban J connectivity index is 2.38. The number of hydrogen-bond donors (Lipinski definition) is 1. The molecule has 0 saturated carbocycles. The van der Waals surface area contributed by atoms with Gasteiger partial charge in [0.2, 0.25) is 0 Å². The van der Waals surface area contributed by atoms with Crippen molar-refractivity contribution >= 4 is 22.2 Å². The number of fused-ring (bicyclic) bond motifs is 1. The smallest absolute Gasteiger partial charge is 0.257 e. The Hall–Kier alpha value is -1.03. The van der Waals surface area contributed by atoms with Gasteiger partial charge in [-0.15, -0.1) is 11.3 Å². The fourth-order valence-electron chi connectivity index (χ4n) is 2.67. The number of anilines is 1. The average Bonchev–Trinajstić information content (AvgIpc) is 2.52. The van der Waals surface area contributed by atoms with Crippen LogP contribution in [0.4, 0.5) is 5.00 Å². The van der Waals surface area contributed by atoms with Gasteiger partial charge in [0.15, 0.2) is 0 Å². The van der Waals surface area contributed by atoms with Crippen LogP contribution in [0.2, 0.25) is 0 Å². The van der Waals surface area contributed by atoms with Crippen molar-refractivity contribution in [1.29, 1.82) is 0 Å². The van der Waals surface area contributed by atoms with Crippen LogP contribution in [-0.2, 0) is 12.8 Å². The van der Waals surface area contributed by atoms with Gasteiger partial charge >= 0.3 is 0 Å². The Kier molecular flexibility index (Phi) is 4.27. The lowest BCUT2D eigenvalue weighted by molar-refractivity contribution is 0.0773. The number of carbonyl (C=O) groups excluding carboxylic acids is 1. The molecule has 0 unspecified atom stereocenters. The summed E-state index contributed by atoms with van der Waals surface area (Å²) in [6.45, 7) is 5.53. The van der Waals surface area contributed by atoms with Crippen molar-refractivity contribution in [2.45, 2.75) is 46.0 Å². The van der Waals surface area contributed by atoms with Crippen LogP contribution in [0.5, 0.6) is 0 Å². The Morgan fingerprint density at radius 2 is 1.89 bits per heavy atom. The molecule has 4 heteroatoms. The molecule has 1 aromatic rings. The van der Waals surface area contributed by atoms with Crippen molar-refractivity contribution in [3.8, 4) is 0 Å². The Labute approximate surface area is 113 Å². The van der Waals surface area contributed by atoms with Gasteiger partial charge in [0.1, 0.15) is 0 Å². The monoisotopic (exact) mass is 266 g/mol. The number of amides is 1. The quantitative estimate of drug-likeness (QED) is 0.855. The van der Waals surface area contributed by atoms with E-state index in [1.54, 1.807) is 11.3 Å². The maximum Gasteiger partial charge on any atom is 0.257 e. The zero-order valence-corrected chi connectivity index (χ0v) is 12.1. The van der Waals surface area contributed by atoms with E-state index in [0.29, 0.717) is 0 Å². The molecular formula is C14H22N2OS. The summed E-state index contributed by atoms with van der Waals surface area (Å²) in [6.07, 6.45) is 5.79. The van der Waals surface area contributed by atoms with E-state index in [4.69, 9.17) is 5.73 Å². The minimum atomic E-state index is 0.122. The van der Waals surface area contributed by atoms with Crippen LogP contribution in [0.1, 0.15) is 53.9 Å². The molecule has 1 aliphatic carbocycles. The highest BCUT2D eigenvalue weighted by Gasteiger charge is 2.25. The summed E-state index contributed by atoms with van der Waals surface area (Å²) in [6, 6.07) is 0. The molecule has 100 valence electrons. The molecule has 1 aromatic heterocycles. The van der Waals surface area contributed by atoms with Gasteiger partial charge in [-0.3, -0.25) is 4.79 Å². The molecule has 0 aliphatic heterocycles. The maximum atomic E-state index is 12.5. The second kappa shape index (κ2) is 5.74. The molecule has 18 heavy (non-hydrogen) atoms. The van der Waals surface area contributed by atoms with Crippen molar-refractivity contribution in [3.05, 3.63) is 16.0 Å². The third kappa shape index (κ3) is 2.39. The van der Waals surface area contributed by atoms with E-state index in [1.807, 2.05) is 18.7 Å². The largest absolute Gasteiger partial charge is 0.390 e. The first-order valence-corrected chi connectivity index (χ1v) is 7.69. The van der Waals surface area contributed by atoms with E-state index in [-0.39, 0.29) is 5.91 Å². The third-order valence-corrected chi connectivity index (χ3v) is 4.83. The number of nitrogen functional groups attached to an aromatic ring is 1. The van der Waals surface area contributed by atoms with E-state index in [9.17, 15) is 4.79 Å². The Bertz CT molecular complexity index is 435. The molecular weight excluding hydrogens is 244 g/mol. The SMILES string of the molecule is CCN(CC)C(=O)c1c(N)sc2c1CCCCC2. The van der Waals surface area contributed by atoms with E-state index < -0.39 is 0 Å². The van der Waals surface area contributed by atoms with Crippen molar-refractivity contribution in [2.75, 3.05) is 18.8 Å². The van der Waals surface area contributed by atoms with Gasteiger partial charge in [-0.05, 0) is 45.1 Å². The van der Waals surface area contributed by atoms with Crippen LogP contribution in [0.25, 0.3) is 0 Å². The fourth-order valence-corrected chi connectivity index (χ4v) is 3.82. The van der Waals surface area contributed by atoms with Crippen LogP contribution in [-0.4, -0.2) is 23.9 Å². The number of nitrogens with two attached hydrogens (primary N) is 1. The first kappa shape index (κ1) is 13.4. The average molecular weight is 266 g/mol. The number of hydrogen-bond acceptors (Lipinski definition) is 3. The predicted octanol–water partition coefficient (Wildman–Crippen LogP) is 3.08. The number of aryl methyl sites for hydroxylation is 1. The first-order chi connectivity index (χ1) is 8.69. The van der Waals surface area contributed by atoms with Gasteiger partial charge in [0.25, 0.3) is 5.91 Å². The second-order valence-corrected chi connectivity index (χ2v) is 5.92. The standard InChI is InChI=1S/C14H22N2OS/c1-3-16(4-2)14(17)12-10-8-6-5-7-9-11(10)18-13(12)15/h3-9,15H2,1-2H3. The molecule has 2 N–H and O–H groups in total. The fraction of sp³-hybridized carbons (Fsp3) is 0.643. The summed E-state index contributed by atoms with van der Waals surface area (Å²) >= 11 is 1.63. The lowest BCUT2D eigenvalue weighted by atomic mass is 10.0. The molecule has 0 bridgehead atoms. The first-order valence-electron chi connectivity index (χ1n) is 6.88. The van der Waals surface area contributed by atoms with Crippen LogP contribution in [0, 0.1) is 0 Å². The molecule has 2 rings (SSSR count). The molecule has 1 amide bonds. The minimum absolute atomic E-state index is 0.122. The topological polar surface area (TPSA) is 46.3 Å². The molecule has 0 saturated heterocycles. The van der Waals surface area contributed by atoms with E-state index >= 15 is 0 Å². The molecule has 0 radical (unpaired) electrons. The second-order valence-electron chi connectivity index (χ2n) is 4.78. The van der Waals surface area contributed by atoms with Gasteiger partial charge < -0.3 is 10.6 Å². The molecule has 0 spiro atoms. The minimum Gasteiger partial charge on any atom is -0.390 e. The Morgan fingerprint density at radius 1 is 1.22 bits per heavy atom.